The minimum atomic E-state index is -2.03. The fourth-order valence-corrected chi connectivity index (χ4v) is 9.12. The number of carboxylic acids is 1. The number of hydrogen-bond donors (Lipinski definition) is 2. The van der Waals surface area contributed by atoms with Crippen LogP contribution in [0.1, 0.15) is 55.6 Å². The van der Waals surface area contributed by atoms with E-state index in [1.54, 1.807) is 12.1 Å². The minimum absolute atomic E-state index is 0.00695. The highest BCUT2D eigenvalue weighted by Gasteiger charge is 2.76. The van der Waals surface area contributed by atoms with Gasteiger partial charge in [0.05, 0.1) is 17.3 Å². The first-order chi connectivity index (χ1) is 22.4. The Balaban J connectivity index is 1.35. The number of halogens is 3. The van der Waals surface area contributed by atoms with Gasteiger partial charge in [-0.3, -0.25) is 33.8 Å². The maximum absolute atomic E-state index is 14.0. The van der Waals surface area contributed by atoms with E-state index in [0.717, 1.165) is 10.5 Å². The summed E-state index contributed by atoms with van der Waals surface area (Å²) in [5, 5.41) is 20.3. The van der Waals surface area contributed by atoms with Gasteiger partial charge in [-0.2, -0.15) is 0 Å². The number of nitrogens with zero attached hydrogens (tertiary/aromatic N) is 2. The Morgan fingerprint density at radius 3 is 2.38 bits per heavy atom. The zero-order chi connectivity index (χ0) is 33.7. The van der Waals surface area contributed by atoms with Crippen LogP contribution < -0.4 is 4.74 Å². The third-order valence-electron chi connectivity index (χ3n) is 9.94. The van der Waals surface area contributed by atoms with Crippen molar-refractivity contribution < 1.29 is 38.9 Å². The maximum atomic E-state index is 14.0. The molecule has 6 atom stereocenters. The molecule has 2 aromatic rings. The Morgan fingerprint density at radius 1 is 0.957 bits per heavy atom. The number of carboxylic acid groups (broad SMARTS) is 1. The molecule has 2 aliphatic carbocycles. The molecular weight excluding hydrogens is 715 g/mol. The molecule has 13 heteroatoms. The molecule has 0 bridgehead atoms. The molecule has 248 valence electrons. The van der Waals surface area contributed by atoms with Crippen LogP contribution in [0.3, 0.4) is 0 Å². The number of likely N-dealkylation sites (tertiary alicyclic amines) is 2. The number of amides is 4. The Kier molecular flexibility index (Phi) is 9.19. The number of aromatic hydroxyl groups is 1. The van der Waals surface area contributed by atoms with Crippen molar-refractivity contribution >= 4 is 68.7 Å². The van der Waals surface area contributed by atoms with Crippen LogP contribution in [0.5, 0.6) is 11.5 Å². The predicted octanol–water partition coefficient (Wildman–Crippen LogP) is 5.33. The molecule has 4 aliphatic rings. The third kappa shape index (κ3) is 5.44. The van der Waals surface area contributed by atoms with Gasteiger partial charge in [0, 0.05) is 30.5 Å². The van der Waals surface area contributed by atoms with Crippen LogP contribution in [0, 0.1) is 17.8 Å². The first-order valence-electron chi connectivity index (χ1n) is 15.5. The number of ether oxygens (including phenoxy) is 1. The molecule has 2 heterocycles. The summed E-state index contributed by atoms with van der Waals surface area (Å²) in [4.78, 5) is 64.3. The molecule has 0 unspecified atom stereocenters. The number of phenolic OH excluding ortho intramolecular Hbond substituents is 1. The molecule has 2 aromatic carbocycles. The number of imide groups is 2. The van der Waals surface area contributed by atoms with Gasteiger partial charge in [0.15, 0.2) is 9.75 Å². The molecule has 3 fully saturated rings. The maximum Gasteiger partial charge on any atom is 0.303 e. The largest absolute Gasteiger partial charge is 0.508 e. The van der Waals surface area contributed by atoms with Gasteiger partial charge in [-0.1, -0.05) is 70.4 Å². The van der Waals surface area contributed by atoms with E-state index in [9.17, 15) is 29.1 Å². The Bertz CT molecular complexity index is 1670. The topological polar surface area (TPSA) is 142 Å². The van der Waals surface area contributed by atoms with E-state index in [4.69, 9.17) is 33.0 Å². The number of benzene rings is 2. The molecular formula is C34H33BrCl2N2O8. The Morgan fingerprint density at radius 2 is 1.70 bits per heavy atom. The molecule has 2 N–H and O–H groups in total. The molecule has 47 heavy (non-hydrogen) atoms. The molecule has 2 aliphatic heterocycles. The van der Waals surface area contributed by atoms with E-state index in [-0.39, 0.29) is 55.1 Å². The molecule has 0 aromatic heterocycles. The normalized spacial score (nSPS) is 29.8. The number of phenols is 1. The standard InChI is InChI=1S/C34H33BrCl2N2O8/c35-18-39-31(45)33(36)16-24-21(12-13-23-27(24)30(44)38(29(23)43)14-6-2-5-9-26(41)42)28(34(33,37)32(39)46)22-11-10-20(15-25(22)40)47-17-19-7-3-1-4-8-19/h1,3-4,7-8,10-12,15,23-24,27-28,40H,2,5-6,9,13-14,16-18H2,(H,41,42)/t23-,24+,27-,28+,33+,34-/m0/s1. The van der Waals surface area contributed by atoms with Crippen molar-refractivity contribution in [3.63, 3.8) is 0 Å². The summed E-state index contributed by atoms with van der Waals surface area (Å²) in [7, 11) is 0. The first-order valence-corrected chi connectivity index (χ1v) is 17.4. The fraction of sp³-hybridized carbons (Fsp3) is 0.441. The number of fused-ring (bicyclic) bond motifs is 4. The van der Waals surface area contributed by atoms with Gasteiger partial charge in [0.25, 0.3) is 11.8 Å². The van der Waals surface area contributed by atoms with Crippen molar-refractivity contribution in [3.05, 3.63) is 71.3 Å². The lowest BCUT2D eigenvalue weighted by Gasteiger charge is -2.50. The monoisotopic (exact) mass is 746 g/mol. The third-order valence-corrected chi connectivity index (χ3v) is 11.9. The van der Waals surface area contributed by atoms with Gasteiger partial charge in [0.2, 0.25) is 11.8 Å². The highest BCUT2D eigenvalue weighted by atomic mass is 79.9. The van der Waals surface area contributed by atoms with Crippen molar-refractivity contribution in [1.82, 2.24) is 9.80 Å². The molecule has 4 amide bonds. The van der Waals surface area contributed by atoms with Crippen LogP contribution in [0.15, 0.2) is 60.2 Å². The summed E-state index contributed by atoms with van der Waals surface area (Å²) >= 11 is 17.7. The van der Waals surface area contributed by atoms with E-state index < -0.39 is 57.1 Å². The zero-order valence-corrected chi connectivity index (χ0v) is 28.3. The lowest BCUT2D eigenvalue weighted by Crippen LogP contribution is -2.60. The SMILES string of the molecule is O=C(O)CCCCCN1C(=O)[C@H]2[C@H](CC=C3[C@H]2C[C@@]2(Cl)C(=O)N(CBr)C(=O)[C@@]2(Cl)[C@H]3c2ccc(OCc3ccccc3)cc2O)C1=O. The van der Waals surface area contributed by atoms with Crippen molar-refractivity contribution in [1.29, 1.82) is 0 Å². The zero-order valence-electron chi connectivity index (χ0n) is 25.2. The highest BCUT2D eigenvalue weighted by molar-refractivity contribution is 9.09. The number of allylic oxidation sites excluding steroid dienone is 2. The first kappa shape index (κ1) is 33.5. The quantitative estimate of drug-likeness (QED) is 0.103. The summed E-state index contributed by atoms with van der Waals surface area (Å²) in [5.74, 6) is -6.23. The summed E-state index contributed by atoms with van der Waals surface area (Å²) in [6.45, 7) is 0.407. The summed E-state index contributed by atoms with van der Waals surface area (Å²) in [6.07, 6.45) is 3.30. The van der Waals surface area contributed by atoms with Crippen LogP contribution in [-0.2, 0) is 30.6 Å². The fourth-order valence-electron chi connectivity index (χ4n) is 7.71. The van der Waals surface area contributed by atoms with E-state index in [1.165, 1.54) is 11.0 Å². The van der Waals surface area contributed by atoms with Crippen molar-refractivity contribution in [2.75, 3.05) is 12.0 Å². The van der Waals surface area contributed by atoms with Crippen LogP contribution in [-0.4, -0.2) is 71.4 Å². The average Bonchev–Trinajstić information content (AvgIpc) is 3.37. The van der Waals surface area contributed by atoms with Crippen LogP contribution >= 0.6 is 39.1 Å². The molecule has 6 rings (SSSR count). The Labute approximate surface area is 289 Å². The van der Waals surface area contributed by atoms with Crippen molar-refractivity contribution in [3.8, 4) is 11.5 Å². The number of alkyl halides is 3. The predicted molar refractivity (Wildman–Crippen MR) is 175 cm³/mol. The van der Waals surface area contributed by atoms with E-state index in [2.05, 4.69) is 15.9 Å². The lowest BCUT2D eigenvalue weighted by atomic mass is 9.56. The number of rotatable bonds is 11. The summed E-state index contributed by atoms with van der Waals surface area (Å²) < 4.78 is 5.89. The van der Waals surface area contributed by atoms with Crippen molar-refractivity contribution in [2.24, 2.45) is 17.8 Å². The molecule has 0 radical (unpaired) electrons. The van der Waals surface area contributed by atoms with Crippen LogP contribution in [0.25, 0.3) is 0 Å². The number of aliphatic carboxylic acids is 1. The second-order valence-corrected chi connectivity index (χ2v) is 14.3. The number of unbranched alkanes of at least 4 members (excludes halogenated alkanes) is 2. The molecule has 0 spiro atoms. The Hall–Kier alpha value is -3.41. The van der Waals surface area contributed by atoms with Gasteiger partial charge in [-0.15, -0.1) is 23.2 Å². The van der Waals surface area contributed by atoms with Gasteiger partial charge >= 0.3 is 5.97 Å². The second-order valence-electron chi connectivity index (χ2n) is 12.5. The van der Waals surface area contributed by atoms with E-state index in [1.807, 2.05) is 36.4 Å². The summed E-state index contributed by atoms with van der Waals surface area (Å²) in [5.41, 5.74) is 1.60. The highest BCUT2D eigenvalue weighted by Crippen LogP contribution is 2.66. The molecule has 1 saturated carbocycles. The number of carbonyl (C=O) groups is 5. The smallest absolute Gasteiger partial charge is 0.303 e. The van der Waals surface area contributed by atoms with E-state index in [0.29, 0.717) is 30.6 Å². The van der Waals surface area contributed by atoms with Gasteiger partial charge in [0.1, 0.15) is 18.1 Å². The lowest BCUT2D eigenvalue weighted by molar-refractivity contribution is -0.141. The number of hydrogen-bond acceptors (Lipinski definition) is 7. The van der Waals surface area contributed by atoms with Gasteiger partial charge in [-0.25, -0.2) is 0 Å². The van der Waals surface area contributed by atoms with Gasteiger partial charge < -0.3 is 14.9 Å². The van der Waals surface area contributed by atoms with Crippen LogP contribution in [0.2, 0.25) is 0 Å². The van der Waals surface area contributed by atoms with Gasteiger partial charge in [-0.05, 0) is 43.2 Å². The van der Waals surface area contributed by atoms with Crippen LogP contribution in [0.4, 0.5) is 0 Å². The van der Waals surface area contributed by atoms with Crippen molar-refractivity contribution in [2.45, 2.75) is 60.8 Å². The average molecular weight is 748 g/mol. The molecule has 2 saturated heterocycles. The molecule has 10 nitrogen and oxygen atoms in total. The van der Waals surface area contributed by atoms with E-state index >= 15 is 0 Å². The number of carbonyl (C=O) groups excluding carboxylic acids is 4. The minimum Gasteiger partial charge on any atom is -0.508 e. The summed E-state index contributed by atoms with van der Waals surface area (Å²) in [6, 6.07) is 14.1. The second kappa shape index (κ2) is 12.9.